The van der Waals surface area contributed by atoms with Gasteiger partial charge in [0.05, 0.1) is 17.4 Å². The van der Waals surface area contributed by atoms with Crippen LogP contribution in [-0.4, -0.2) is 22.6 Å². The number of benzene rings is 1. The van der Waals surface area contributed by atoms with Crippen LogP contribution in [-0.2, 0) is 4.79 Å². The molecule has 2 aromatic rings. The first kappa shape index (κ1) is 16.8. The van der Waals surface area contributed by atoms with Crippen molar-refractivity contribution in [1.29, 1.82) is 0 Å². The van der Waals surface area contributed by atoms with Gasteiger partial charge in [0.25, 0.3) is 0 Å². The van der Waals surface area contributed by atoms with Crippen molar-refractivity contribution in [3.63, 3.8) is 0 Å². The van der Waals surface area contributed by atoms with Gasteiger partial charge in [-0.1, -0.05) is 31.4 Å². The number of para-hydroxylation sites is 1. The number of rotatable bonds is 4. The Morgan fingerprint density at radius 1 is 1.32 bits per heavy atom. The van der Waals surface area contributed by atoms with Crippen LogP contribution >= 0.6 is 12.4 Å². The summed E-state index contributed by atoms with van der Waals surface area (Å²) in [7, 11) is 0. The first-order valence-corrected chi connectivity index (χ1v) is 7.64. The highest BCUT2D eigenvalue weighted by Gasteiger charge is 2.33. The molecule has 5 nitrogen and oxygen atoms in total. The van der Waals surface area contributed by atoms with Crippen LogP contribution in [0.25, 0.3) is 10.9 Å². The Morgan fingerprint density at radius 2 is 2.09 bits per heavy atom. The van der Waals surface area contributed by atoms with Gasteiger partial charge in [-0.3, -0.25) is 9.89 Å². The third-order valence-electron chi connectivity index (χ3n) is 4.63. The molecular formula is C16H23ClN4O. The molecule has 3 rings (SSSR count). The van der Waals surface area contributed by atoms with Crippen LogP contribution in [0.3, 0.4) is 0 Å². The second kappa shape index (κ2) is 7.11. The lowest BCUT2D eigenvalue weighted by Crippen LogP contribution is -2.36. The molecule has 0 aliphatic heterocycles. The van der Waals surface area contributed by atoms with Gasteiger partial charge in [-0.25, -0.2) is 0 Å². The summed E-state index contributed by atoms with van der Waals surface area (Å²) in [6.07, 6.45) is 8.01. The topological polar surface area (TPSA) is 83.8 Å². The van der Waals surface area contributed by atoms with Gasteiger partial charge in [0.2, 0.25) is 5.91 Å². The lowest BCUT2D eigenvalue weighted by Gasteiger charge is -2.35. The van der Waals surface area contributed by atoms with E-state index in [0.717, 1.165) is 29.4 Å². The number of nitrogens with zero attached hydrogens (tertiary/aromatic N) is 1. The third kappa shape index (κ3) is 3.42. The van der Waals surface area contributed by atoms with E-state index in [0.29, 0.717) is 13.0 Å². The lowest BCUT2D eigenvalue weighted by molar-refractivity contribution is -0.118. The maximum absolute atomic E-state index is 12.4. The number of fused-ring (bicyclic) bond motifs is 1. The minimum atomic E-state index is -0.00971. The largest absolute Gasteiger partial charge is 0.330 e. The number of halogens is 1. The fraction of sp³-hybridized carbons (Fsp3) is 0.500. The molecule has 22 heavy (non-hydrogen) atoms. The van der Waals surface area contributed by atoms with Crippen LogP contribution in [0.2, 0.25) is 0 Å². The van der Waals surface area contributed by atoms with E-state index in [4.69, 9.17) is 5.73 Å². The molecule has 0 saturated heterocycles. The number of hydrogen-bond donors (Lipinski definition) is 3. The molecule has 1 aliphatic carbocycles. The molecule has 1 saturated carbocycles. The molecule has 1 fully saturated rings. The van der Waals surface area contributed by atoms with E-state index in [2.05, 4.69) is 15.5 Å². The van der Waals surface area contributed by atoms with Gasteiger partial charge in [0.1, 0.15) is 0 Å². The van der Waals surface area contributed by atoms with Crippen molar-refractivity contribution in [2.75, 3.05) is 11.9 Å². The van der Waals surface area contributed by atoms with E-state index >= 15 is 0 Å². The number of amides is 1. The fourth-order valence-corrected chi connectivity index (χ4v) is 3.36. The monoisotopic (exact) mass is 322 g/mol. The predicted molar refractivity (Wildman–Crippen MR) is 91.2 cm³/mol. The van der Waals surface area contributed by atoms with E-state index in [1.54, 1.807) is 6.20 Å². The van der Waals surface area contributed by atoms with E-state index < -0.39 is 0 Å². The van der Waals surface area contributed by atoms with Crippen molar-refractivity contribution in [3.8, 4) is 0 Å². The van der Waals surface area contributed by atoms with Crippen molar-refractivity contribution in [2.24, 2.45) is 11.1 Å². The van der Waals surface area contributed by atoms with Gasteiger partial charge in [-0.2, -0.15) is 5.10 Å². The van der Waals surface area contributed by atoms with Crippen LogP contribution in [0.1, 0.15) is 38.5 Å². The minimum absolute atomic E-state index is 0. The summed E-state index contributed by atoms with van der Waals surface area (Å²) < 4.78 is 0. The molecule has 0 radical (unpaired) electrons. The SMILES string of the molecule is Cl.NCC1(CC(=O)Nc2cccc3cn[nH]c23)CCCCC1. The number of carbonyl (C=O) groups is 1. The Labute approximate surface area is 136 Å². The van der Waals surface area contributed by atoms with Gasteiger partial charge >= 0.3 is 0 Å². The molecule has 1 aromatic carbocycles. The van der Waals surface area contributed by atoms with Crippen molar-refractivity contribution in [3.05, 3.63) is 24.4 Å². The molecule has 0 spiro atoms. The molecule has 0 atom stereocenters. The first-order valence-electron chi connectivity index (χ1n) is 7.64. The highest BCUT2D eigenvalue weighted by Crippen LogP contribution is 2.38. The molecule has 0 unspecified atom stereocenters. The summed E-state index contributed by atoms with van der Waals surface area (Å²) in [4.78, 5) is 12.4. The molecule has 1 aromatic heterocycles. The zero-order chi connectivity index (χ0) is 14.7. The Kier molecular flexibility index (Phi) is 5.42. The number of aromatic amines is 1. The van der Waals surface area contributed by atoms with Crippen LogP contribution < -0.4 is 11.1 Å². The number of nitrogens with one attached hydrogen (secondary N) is 2. The van der Waals surface area contributed by atoms with Crippen molar-refractivity contribution < 1.29 is 4.79 Å². The Hall–Kier alpha value is -1.59. The Bertz CT molecular complexity index is 634. The van der Waals surface area contributed by atoms with Crippen LogP contribution in [0, 0.1) is 5.41 Å². The number of anilines is 1. The molecular weight excluding hydrogens is 300 g/mol. The summed E-state index contributed by atoms with van der Waals surface area (Å²) in [5.41, 5.74) is 7.61. The fourth-order valence-electron chi connectivity index (χ4n) is 3.36. The number of hydrogen-bond acceptors (Lipinski definition) is 3. The van der Waals surface area contributed by atoms with Crippen LogP contribution in [0.5, 0.6) is 0 Å². The normalized spacial score (nSPS) is 17.0. The van der Waals surface area contributed by atoms with Gasteiger partial charge < -0.3 is 11.1 Å². The standard InChI is InChI=1S/C16H22N4O.ClH/c17-11-16(7-2-1-3-8-16)9-14(21)19-13-6-4-5-12-10-18-20-15(12)13;/h4-6,10H,1-3,7-9,11,17H2,(H,18,20)(H,19,21);1H. The van der Waals surface area contributed by atoms with Gasteiger partial charge in [0, 0.05) is 11.8 Å². The number of H-pyrrole nitrogens is 1. The molecule has 4 N–H and O–H groups in total. The summed E-state index contributed by atoms with van der Waals surface area (Å²) >= 11 is 0. The summed E-state index contributed by atoms with van der Waals surface area (Å²) in [6.45, 7) is 0.592. The van der Waals surface area contributed by atoms with E-state index in [-0.39, 0.29) is 23.7 Å². The maximum Gasteiger partial charge on any atom is 0.225 e. The van der Waals surface area contributed by atoms with Gasteiger partial charge in [-0.05, 0) is 30.9 Å². The summed E-state index contributed by atoms with van der Waals surface area (Å²) in [5.74, 6) is 0.0458. The number of aromatic nitrogens is 2. The first-order chi connectivity index (χ1) is 10.2. The highest BCUT2D eigenvalue weighted by molar-refractivity contribution is 6.00. The Balaban J connectivity index is 0.00000176. The zero-order valence-electron chi connectivity index (χ0n) is 12.6. The van der Waals surface area contributed by atoms with Crippen molar-refractivity contribution in [2.45, 2.75) is 38.5 Å². The van der Waals surface area contributed by atoms with Crippen LogP contribution in [0.15, 0.2) is 24.4 Å². The minimum Gasteiger partial charge on any atom is -0.330 e. The van der Waals surface area contributed by atoms with E-state index in [1.807, 2.05) is 18.2 Å². The molecule has 6 heteroatoms. The van der Waals surface area contributed by atoms with E-state index in [1.165, 1.54) is 19.3 Å². The third-order valence-corrected chi connectivity index (χ3v) is 4.63. The highest BCUT2D eigenvalue weighted by atomic mass is 35.5. The summed E-state index contributed by atoms with van der Waals surface area (Å²) in [6, 6.07) is 5.79. The number of carbonyl (C=O) groups excluding carboxylic acids is 1. The average molecular weight is 323 g/mol. The second-order valence-corrected chi connectivity index (χ2v) is 6.13. The smallest absolute Gasteiger partial charge is 0.225 e. The molecule has 0 bridgehead atoms. The second-order valence-electron chi connectivity index (χ2n) is 6.13. The van der Waals surface area contributed by atoms with E-state index in [9.17, 15) is 4.79 Å². The maximum atomic E-state index is 12.4. The number of nitrogens with two attached hydrogens (primary N) is 1. The Morgan fingerprint density at radius 3 is 2.82 bits per heavy atom. The summed E-state index contributed by atoms with van der Waals surface area (Å²) in [5, 5.41) is 11.0. The molecule has 120 valence electrons. The van der Waals surface area contributed by atoms with Crippen molar-refractivity contribution in [1.82, 2.24) is 10.2 Å². The average Bonchev–Trinajstić information content (AvgIpc) is 2.98. The zero-order valence-corrected chi connectivity index (χ0v) is 13.4. The predicted octanol–water partition coefficient (Wildman–Crippen LogP) is 3.22. The van der Waals surface area contributed by atoms with Crippen LogP contribution in [0.4, 0.5) is 5.69 Å². The lowest BCUT2D eigenvalue weighted by atomic mass is 9.71. The van der Waals surface area contributed by atoms with Gasteiger partial charge in [0.15, 0.2) is 0 Å². The molecule has 1 aliphatic rings. The quantitative estimate of drug-likeness (QED) is 0.808. The molecule has 1 heterocycles. The molecule has 1 amide bonds. The van der Waals surface area contributed by atoms with Gasteiger partial charge in [-0.15, -0.1) is 12.4 Å². The van der Waals surface area contributed by atoms with Crippen molar-refractivity contribution >= 4 is 34.9 Å².